The third-order valence-electron chi connectivity index (χ3n) is 3.42. The van der Waals surface area contributed by atoms with Gasteiger partial charge in [-0.25, -0.2) is 0 Å². The lowest BCUT2D eigenvalue weighted by Gasteiger charge is -2.08. The maximum Gasteiger partial charge on any atom is 0.199 e. The minimum atomic E-state index is -0.222. The van der Waals surface area contributed by atoms with Crippen molar-refractivity contribution in [1.29, 1.82) is 0 Å². The number of phenols is 1. The fourth-order valence-electron chi connectivity index (χ4n) is 2.37. The van der Waals surface area contributed by atoms with Crippen molar-refractivity contribution in [1.82, 2.24) is 0 Å². The van der Waals surface area contributed by atoms with E-state index in [-0.39, 0.29) is 16.6 Å². The number of para-hydroxylation sites is 1. The molecule has 0 unspecified atom stereocenters. The highest BCUT2D eigenvalue weighted by Crippen LogP contribution is 2.24. The highest BCUT2D eigenvalue weighted by Gasteiger charge is 2.12. The molecule has 21 heavy (non-hydrogen) atoms. The van der Waals surface area contributed by atoms with Crippen molar-refractivity contribution in [2.75, 3.05) is 7.11 Å². The zero-order chi connectivity index (χ0) is 14.8. The highest BCUT2D eigenvalue weighted by atomic mass is 16.5. The molecular weight excluding hydrogens is 268 g/mol. The second-order valence-electron chi connectivity index (χ2n) is 4.73. The Kier molecular flexibility index (Phi) is 3.36. The molecule has 0 bridgehead atoms. The molecule has 3 aromatic rings. The van der Waals surface area contributed by atoms with Crippen LogP contribution in [0.25, 0.3) is 11.0 Å². The van der Waals surface area contributed by atoms with E-state index < -0.39 is 0 Å². The quantitative estimate of drug-likeness (QED) is 0.802. The lowest BCUT2D eigenvalue weighted by molar-refractivity contribution is 0.410. The zero-order valence-electron chi connectivity index (χ0n) is 11.5. The minimum Gasteiger partial charge on any atom is -0.507 e. The van der Waals surface area contributed by atoms with Crippen LogP contribution in [0.5, 0.6) is 11.5 Å². The van der Waals surface area contributed by atoms with Crippen molar-refractivity contribution in [2.45, 2.75) is 6.42 Å². The molecule has 0 fully saturated rings. The first kappa shape index (κ1) is 13.2. The van der Waals surface area contributed by atoms with Crippen molar-refractivity contribution >= 4 is 11.0 Å². The van der Waals surface area contributed by atoms with E-state index in [4.69, 9.17) is 9.15 Å². The van der Waals surface area contributed by atoms with Gasteiger partial charge in [-0.05, 0) is 23.8 Å². The molecule has 0 saturated carbocycles. The number of ether oxygens (including phenoxy) is 1. The van der Waals surface area contributed by atoms with Crippen LogP contribution in [-0.4, -0.2) is 12.2 Å². The number of hydrogen-bond acceptors (Lipinski definition) is 4. The molecule has 2 aromatic carbocycles. The number of methoxy groups -OCH3 is 1. The summed E-state index contributed by atoms with van der Waals surface area (Å²) in [6.07, 6.45) is 1.83. The van der Waals surface area contributed by atoms with Crippen LogP contribution in [0.1, 0.15) is 11.1 Å². The van der Waals surface area contributed by atoms with Gasteiger partial charge in [0.15, 0.2) is 5.43 Å². The summed E-state index contributed by atoms with van der Waals surface area (Å²) >= 11 is 0. The van der Waals surface area contributed by atoms with Gasteiger partial charge in [-0.3, -0.25) is 4.79 Å². The molecule has 0 spiro atoms. The molecule has 0 aliphatic heterocycles. The Labute approximate surface area is 121 Å². The van der Waals surface area contributed by atoms with Crippen molar-refractivity contribution in [3.8, 4) is 11.5 Å². The van der Waals surface area contributed by atoms with Gasteiger partial charge in [0.25, 0.3) is 0 Å². The van der Waals surface area contributed by atoms with Gasteiger partial charge in [0.2, 0.25) is 0 Å². The summed E-state index contributed by atoms with van der Waals surface area (Å²) in [5, 5.41) is 10.1. The molecule has 0 saturated heterocycles. The number of fused-ring (bicyclic) bond motifs is 1. The van der Waals surface area contributed by atoms with Gasteiger partial charge in [0.1, 0.15) is 22.5 Å². The Morgan fingerprint density at radius 3 is 2.71 bits per heavy atom. The molecule has 1 aromatic heterocycles. The van der Waals surface area contributed by atoms with Crippen LogP contribution in [0.3, 0.4) is 0 Å². The summed E-state index contributed by atoms with van der Waals surface area (Å²) in [4.78, 5) is 12.5. The average molecular weight is 282 g/mol. The molecule has 3 rings (SSSR count). The molecule has 0 atom stereocenters. The first-order valence-electron chi connectivity index (χ1n) is 6.55. The molecule has 4 heteroatoms. The summed E-state index contributed by atoms with van der Waals surface area (Å²) in [6, 6.07) is 12.3. The number of benzene rings is 2. The van der Waals surface area contributed by atoms with Crippen LogP contribution >= 0.6 is 0 Å². The van der Waals surface area contributed by atoms with Gasteiger partial charge in [-0.2, -0.15) is 0 Å². The summed E-state index contributed by atoms with van der Waals surface area (Å²) in [5.41, 5.74) is 1.53. The van der Waals surface area contributed by atoms with Gasteiger partial charge in [0.05, 0.1) is 13.4 Å². The third-order valence-corrected chi connectivity index (χ3v) is 3.42. The number of phenolic OH excluding ortho intramolecular Hbond substituents is 1. The van der Waals surface area contributed by atoms with E-state index in [2.05, 4.69) is 0 Å². The van der Waals surface area contributed by atoms with Crippen LogP contribution in [-0.2, 0) is 6.42 Å². The van der Waals surface area contributed by atoms with E-state index in [1.165, 1.54) is 12.3 Å². The van der Waals surface area contributed by atoms with Gasteiger partial charge in [-0.1, -0.05) is 24.3 Å². The van der Waals surface area contributed by atoms with Crippen LogP contribution in [0.2, 0.25) is 0 Å². The Morgan fingerprint density at radius 2 is 1.90 bits per heavy atom. The van der Waals surface area contributed by atoms with E-state index in [9.17, 15) is 9.90 Å². The predicted molar refractivity (Wildman–Crippen MR) is 79.9 cm³/mol. The second-order valence-corrected chi connectivity index (χ2v) is 4.73. The zero-order valence-corrected chi connectivity index (χ0v) is 11.5. The van der Waals surface area contributed by atoms with Gasteiger partial charge < -0.3 is 14.3 Å². The van der Waals surface area contributed by atoms with Crippen LogP contribution in [0.4, 0.5) is 0 Å². The smallest absolute Gasteiger partial charge is 0.199 e. The summed E-state index contributed by atoms with van der Waals surface area (Å²) in [7, 11) is 1.59. The van der Waals surface area contributed by atoms with Gasteiger partial charge >= 0.3 is 0 Å². The Morgan fingerprint density at radius 1 is 1.10 bits per heavy atom. The Balaban J connectivity index is 2.12. The molecule has 0 amide bonds. The molecular formula is C17H14O4. The highest BCUT2D eigenvalue weighted by molar-refractivity contribution is 5.83. The molecule has 1 N–H and O–H groups in total. The predicted octanol–water partition coefficient (Wildman–Crippen LogP) is 3.10. The topological polar surface area (TPSA) is 59.7 Å². The van der Waals surface area contributed by atoms with Crippen molar-refractivity contribution < 1.29 is 14.3 Å². The monoisotopic (exact) mass is 282 g/mol. The molecule has 4 nitrogen and oxygen atoms in total. The SMILES string of the molecule is COc1ccccc1Cc1coc2cccc(O)c2c1=O. The van der Waals surface area contributed by atoms with Crippen molar-refractivity contribution in [3.63, 3.8) is 0 Å². The van der Waals surface area contributed by atoms with Gasteiger partial charge in [-0.15, -0.1) is 0 Å². The average Bonchev–Trinajstić information content (AvgIpc) is 2.50. The summed E-state index contributed by atoms with van der Waals surface area (Å²) in [6.45, 7) is 0. The second kappa shape index (κ2) is 5.32. The van der Waals surface area contributed by atoms with Gasteiger partial charge in [0, 0.05) is 12.0 Å². The first-order valence-corrected chi connectivity index (χ1v) is 6.55. The maximum absolute atomic E-state index is 12.5. The molecule has 106 valence electrons. The first-order chi connectivity index (χ1) is 10.2. The molecule has 1 heterocycles. The van der Waals surface area contributed by atoms with E-state index >= 15 is 0 Å². The number of aromatic hydroxyl groups is 1. The number of hydrogen-bond donors (Lipinski definition) is 1. The molecule has 0 aliphatic carbocycles. The van der Waals surface area contributed by atoms with Crippen LogP contribution < -0.4 is 10.2 Å². The third kappa shape index (κ3) is 2.36. The summed E-state index contributed by atoms with van der Waals surface area (Å²) < 4.78 is 10.7. The Bertz CT molecular complexity index is 849. The van der Waals surface area contributed by atoms with Crippen LogP contribution in [0, 0.1) is 0 Å². The normalized spacial score (nSPS) is 10.7. The van der Waals surface area contributed by atoms with E-state index in [1.54, 1.807) is 19.2 Å². The van der Waals surface area contributed by atoms with E-state index in [1.807, 2.05) is 24.3 Å². The number of rotatable bonds is 3. The van der Waals surface area contributed by atoms with Crippen molar-refractivity contribution in [2.24, 2.45) is 0 Å². The largest absolute Gasteiger partial charge is 0.507 e. The standard InChI is InChI=1S/C17H14O4/c1-20-14-7-3-2-5-11(14)9-12-10-21-15-8-4-6-13(18)16(15)17(12)19/h2-8,10,18H,9H2,1H3. The fourth-order valence-corrected chi connectivity index (χ4v) is 2.37. The molecule has 0 radical (unpaired) electrons. The summed E-state index contributed by atoms with van der Waals surface area (Å²) in [5.74, 6) is 0.650. The fraction of sp³-hybridized carbons (Fsp3) is 0.118. The lowest BCUT2D eigenvalue weighted by Crippen LogP contribution is -2.09. The van der Waals surface area contributed by atoms with Crippen molar-refractivity contribution in [3.05, 3.63) is 70.1 Å². The Hall–Kier alpha value is -2.75. The maximum atomic E-state index is 12.5. The van der Waals surface area contributed by atoms with Crippen LogP contribution in [0.15, 0.2) is 57.9 Å². The van der Waals surface area contributed by atoms with E-state index in [0.717, 1.165) is 5.56 Å². The minimum absolute atomic E-state index is 0.0665. The lowest BCUT2D eigenvalue weighted by atomic mass is 10.0. The van der Waals surface area contributed by atoms with E-state index in [0.29, 0.717) is 23.3 Å². The molecule has 0 aliphatic rings.